The van der Waals surface area contributed by atoms with Crippen molar-refractivity contribution in [2.24, 2.45) is 4.99 Å². The summed E-state index contributed by atoms with van der Waals surface area (Å²) in [7, 11) is 0. The van der Waals surface area contributed by atoms with Crippen molar-refractivity contribution in [3.05, 3.63) is 64.7 Å². The summed E-state index contributed by atoms with van der Waals surface area (Å²) >= 11 is 6.04. The maximum atomic E-state index is 13.3. The highest BCUT2D eigenvalue weighted by molar-refractivity contribution is 6.30. The third-order valence-corrected chi connectivity index (χ3v) is 8.36. The molecule has 47 heavy (non-hydrogen) atoms. The van der Waals surface area contributed by atoms with Gasteiger partial charge in [-0.2, -0.15) is 33.1 Å². The largest absolute Gasteiger partial charge is 0.454 e. The summed E-state index contributed by atoms with van der Waals surface area (Å²) in [6.45, 7) is 3.66. The van der Waals surface area contributed by atoms with Gasteiger partial charge in [-0.05, 0) is 61.2 Å². The highest BCUT2D eigenvalue weighted by Crippen LogP contribution is 2.48. The Bertz CT molecular complexity index is 1640. The molecule has 1 saturated carbocycles. The number of rotatable bonds is 8. The van der Waals surface area contributed by atoms with E-state index in [1.54, 1.807) is 41.3 Å². The quantitative estimate of drug-likeness (QED) is 0.258. The highest BCUT2D eigenvalue weighted by atomic mass is 35.5. The molecular weight excluding hydrogens is 639 g/mol. The maximum absolute atomic E-state index is 13.3. The van der Waals surface area contributed by atoms with Crippen LogP contribution in [-0.2, 0) is 10.3 Å². The minimum Gasteiger partial charge on any atom is -0.454 e. The molecule has 3 aromatic rings. The first kappa shape index (κ1) is 32.3. The van der Waals surface area contributed by atoms with Crippen LogP contribution in [0.1, 0.15) is 42.1 Å². The van der Waals surface area contributed by atoms with Crippen molar-refractivity contribution < 1.29 is 27.5 Å². The van der Waals surface area contributed by atoms with Gasteiger partial charge < -0.3 is 30.1 Å². The Morgan fingerprint density at radius 2 is 1.51 bits per heavy atom. The van der Waals surface area contributed by atoms with Crippen molar-refractivity contribution in [3.63, 3.8) is 0 Å². The zero-order valence-electron chi connectivity index (χ0n) is 25.6. The van der Waals surface area contributed by atoms with Crippen molar-refractivity contribution >= 4 is 47.0 Å². The molecule has 2 aromatic carbocycles. The van der Waals surface area contributed by atoms with Crippen molar-refractivity contribution in [2.75, 3.05) is 56.5 Å². The number of hydrogen-bond donors (Lipinski definition) is 2. The van der Waals surface area contributed by atoms with Gasteiger partial charge in [0.15, 0.2) is 6.61 Å². The van der Waals surface area contributed by atoms with E-state index in [9.17, 15) is 22.8 Å². The van der Waals surface area contributed by atoms with Gasteiger partial charge in [0.1, 0.15) is 0 Å². The summed E-state index contributed by atoms with van der Waals surface area (Å²) in [5, 5.41) is 6.80. The smallest absolute Gasteiger partial charge is 0.422 e. The summed E-state index contributed by atoms with van der Waals surface area (Å²) in [5.41, 5.74) is 1.42. The highest BCUT2D eigenvalue weighted by Gasteiger charge is 2.45. The van der Waals surface area contributed by atoms with Crippen LogP contribution >= 0.6 is 11.6 Å². The molecule has 3 heterocycles. The summed E-state index contributed by atoms with van der Waals surface area (Å²) in [4.78, 5) is 47.5. The second-order valence-electron chi connectivity index (χ2n) is 11.6. The van der Waals surface area contributed by atoms with Crippen molar-refractivity contribution in [3.8, 4) is 6.01 Å². The molecule has 3 fully saturated rings. The third-order valence-electron chi connectivity index (χ3n) is 8.11. The van der Waals surface area contributed by atoms with E-state index in [0.717, 1.165) is 37.9 Å². The molecule has 2 aliphatic heterocycles. The van der Waals surface area contributed by atoms with Gasteiger partial charge in [-0.15, -0.1) is 0 Å². The van der Waals surface area contributed by atoms with E-state index in [1.165, 1.54) is 6.92 Å². The molecule has 12 nitrogen and oxygen atoms in total. The van der Waals surface area contributed by atoms with E-state index in [2.05, 4.69) is 35.5 Å². The maximum Gasteiger partial charge on any atom is 0.422 e. The van der Waals surface area contributed by atoms with E-state index >= 15 is 0 Å². The molecule has 2 amide bonds. The van der Waals surface area contributed by atoms with Gasteiger partial charge in [-0.1, -0.05) is 23.7 Å². The molecule has 0 spiro atoms. The first-order valence-corrected chi connectivity index (χ1v) is 15.6. The lowest BCUT2D eigenvalue weighted by Gasteiger charge is -2.43. The van der Waals surface area contributed by atoms with Crippen LogP contribution in [0.15, 0.2) is 53.5 Å². The number of nitrogens with one attached hydrogen (secondary N) is 2. The van der Waals surface area contributed by atoms with Crippen molar-refractivity contribution in [1.82, 2.24) is 29.7 Å². The number of piperazine rings is 1. The third kappa shape index (κ3) is 8.02. The number of amides is 2. The lowest BCUT2D eigenvalue weighted by atomic mass is 10.1. The normalized spacial score (nSPS) is 17.6. The second-order valence-corrected chi connectivity index (χ2v) is 12.1. The number of ether oxygens (including phenoxy) is 1. The van der Waals surface area contributed by atoms with Crippen LogP contribution in [0.4, 0.5) is 30.8 Å². The van der Waals surface area contributed by atoms with E-state index < -0.39 is 24.3 Å². The number of alkyl halides is 3. The predicted octanol–water partition coefficient (Wildman–Crippen LogP) is 4.68. The molecule has 6 rings (SSSR count). The monoisotopic (exact) mass is 671 g/mol. The van der Waals surface area contributed by atoms with E-state index in [-0.39, 0.29) is 23.7 Å². The summed E-state index contributed by atoms with van der Waals surface area (Å²) in [6.07, 6.45) is -2.00. The van der Waals surface area contributed by atoms with Crippen LogP contribution in [0, 0.1) is 0 Å². The Morgan fingerprint density at radius 1 is 0.894 bits per heavy atom. The fraction of sp³-hybridized carbons (Fsp3) is 0.419. The number of carbonyl (C=O) groups is 2. The van der Waals surface area contributed by atoms with E-state index in [1.807, 2.05) is 17.0 Å². The number of halogens is 4. The first-order chi connectivity index (χ1) is 22.5. The average Bonchev–Trinajstić information content (AvgIpc) is 3.79. The van der Waals surface area contributed by atoms with E-state index in [0.29, 0.717) is 48.4 Å². The lowest BCUT2D eigenvalue weighted by molar-refractivity contribution is -0.154. The zero-order valence-corrected chi connectivity index (χ0v) is 26.3. The van der Waals surface area contributed by atoms with Gasteiger partial charge in [0.05, 0.1) is 5.54 Å². The molecule has 0 bridgehead atoms. The van der Waals surface area contributed by atoms with Crippen LogP contribution < -0.4 is 15.4 Å². The summed E-state index contributed by atoms with van der Waals surface area (Å²) in [5.74, 6) is 0.290. The molecule has 3 aliphatic rings. The zero-order chi connectivity index (χ0) is 33.2. The molecule has 2 N–H and O–H groups in total. The molecular formula is C31H33ClF3N9O3. The predicted molar refractivity (Wildman–Crippen MR) is 169 cm³/mol. The fourth-order valence-electron chi connectivity index (χ4n) is 5.39. The first-order valence-electron chi connectivity index (χ1n) is 15.2. The summed E-state index contributed by atoms with van der Waals surface area (Å²) < 4.78 is 43.6. The minimum atomic E-state index is -4.58. The number of aromatic nitrogens is 3. The van der Waals surface area contributed by atoms with Gasteiger partial charge in [-0.25, -0.2) is 0 Å². The van der Waals surface area contributed by atoms with Crippen LogP contribution in [-0.4, -0.2) is 99.5 Å². The fourth-order valence-corrected chi connectivity index (χ4v) is 5.51. The number of benzene rings is 2. The summed E-state index contributed by atoms with van der Waals surface area (Å²) in [6, 6.07) is 13.4. The molecule has 248 valence electrons. The molecule has 1 aromatic heterocycles. The van der Waals surface area contributed by atoms with Crippen LogP contribution in [0.25, 0.3) is 0 Å². The number of carbonyl (C=O) groups excluding carboxylic acids is 2. The minimum absolute atomic E-state index is 0.0352. The topological polar surface area (TPSA) is 128 Å². The lowest BCUT2D eigenvalue weighted by Crippen LogP contribution is -2.57. The number of hydrogen-bond acceptors (Lipinski definition) is 8. The van der Waals surface area contributed by atoms with Gasteiger partial charge in [0.2, 0.25) is 23.8 Å². The van der Waals surface area contributed by atoms with E-state index in [4.69, 9.17) is 16.3 Å². The van der Waals surface area contributed by atoms with Crippen LogP contribution in [0.5, 0.6) is 6.01 Å². The van der Waals surface area contributed by atoms with Crippen LogP contribution in [0.2, 0.25) is 5.02 Å². The second kappa shape index (κ2) is 13.2. The number of nitrogens with zero attached hydrogens (tertiary/aromatic N) is 7. The number of guanidine groups is 1. The van der Waals surface area contributed by atoms with Crippen LogP contribution in [0.3, 0.4) is 0 Å². The number of likely N-dealkylation sites (tertiary alicyclic amines) is 1. The number of aliphatic imine (C=N–C) groups is 1. The van der Waals surface area contributed by atoms with Gasteiger partial charge >= 0.3 is 12.2 Å². The Labute approximate surface area is 274 Å². The molecule has 0 unspecified atom stereocenters. The van der Waals surface area contributed by atoms with Crippen molar-refractivity contribution in [2.45, 2.75) is 37.9 Å². The van der Waals surface area contributed by atoms with Gasteiger partial charge in [0, 0.05) is 62.5 Å². The molecule has 1 aliphatic carbocycles. The van der Waals surface area contributed by atoms with Gasteiger partial charge in [-0.3, -0.25) is 9.59 Å². The van der Waals surface area contributed by atoms with Crippen molar-refractivity contribution in [1.29, 1.82) is 0 Å². The average molecular weight is 672 g/mol. The standard InChI is InChI=1S/C31H33ClF3N9O3/c1-20(45)36-29(43-13-2-14-43)44-17-15-42(16-18-44)25(46)21-3-9-24(10-4-21)37-26-38-27(40-28(39-26)47-19-31(33,34)35)41-30(11-12-30)22-5-7-23(32)8-6-22/h3-10H,2,11-19H2,1H3,(H2,37,38,39,40,41). The number of anilines is 3. The Hall–Kier alpha value is -4.66. The molecule has 16 heteroatoms. The molecule has 0 atom stereocenters. The van der Waals surface area contributed by atoms with Gasteiger partial charge in [0.25, 0.3) is 5.91 Å². The Morgan fingerprint density at radius 3 is 2.09 bits per heavy atom. The molecule has 2 saturated heterocycles. The Kier molecular flexibility index (Phi) is 9.08. The Balaban J connectivity index is 1.12. The SMILES string of the molecule is CC(=O)N=C(N1CCC1)N1CCN(C(=O)c2ccc(Nc3nc(NC4(c5ccc(Cl)cc5)CC4)nc(OCC(F)(F)F)n3)cc2)CC1. The molecule has 0 radical (unpaired) electrons.